The van der Waals surface area contributed by atoms with Gasteiger partial charge in [0.2, 0.25) is 0 Å². The lowest BCUT2D eigenvalue weighted by molar-refractivity contribution is -0.117. The van der Waals surface area contributed by atoms with E-state index in [9.17, 15) is 0 Å². The van der Waals surface area contributed by atoms with Gasteiger partial charge in [-0.25, -0.2) is 0 Å². The topological polar surface area (TPSA) is 24.5 Å². The van der Waals surface area contributed by atoms with Crippen molar-refractivity contribution < 1.29 is 4.74 Å². The van der Waals surface area contributed by atoms with Crippen LogP contribution in [0.2, 0.25) is 0 Å². The Bertz CT molecular complexity index is 265. The highest BCUT2D eigenvalue weighted by Gasteiger charge is 2.39. The van der Waals surface area contributed by atoms with Crippen molar-refractivity contribution in [1.82, 2.24) is 10.2 Å². The molecule has 0 aromatic carbocycles. The van der Waals surface area contributed by atoms with Crippen LogP contribution in [0.3, 0.4) is 0 Å². The first-order valence-corrected chi connectivity index (χ1v) is 7.73. The quantitative estimate of drug-likeness (QED) is 0.837. The average Bonchev–Trinajstić information content (AvgIpc) is 2.41. The molecule has 2 rings (SSSR count). The van der Waals surface area contributed by atoms with E-state index in [1.807, 2.05) is 0 Å². The summed E-state index contributed by atoms with van der Waals surface area (Å²) in [5.41, 5.74) is 0.150. The largest absolute Gasteiger partial charge is 0.375 e. The van der Waals surface area contributed by atoms with Crippen LogP contribution in [0, 0.1) is 0 Å². The molecule has 0 radical (unpaired) electrons. The Hall–Kier alpha value is -0.120. The highest BCUT2D eigenvalue weighted by molar-refractivity contribution is 4.93. The highest BCUT2D eigenvalue weighted by atomic mass is 16.5. The van der Waals surface area contributed by atoms with Crippen LogP contribution in [0.15, 0.2) is 0 Å². The number of hydrogen-bond acceptors (Lipinski definition) is 3. The first-order chi connectivity index (χ1) is 8.60. The van der Waals surface area contributed by atoms with Crippen LogP contribution in [0.5, 0.6) is 0 Å². The molecule has 0 amide bonds. The molecule has 0 aliphatic carbocycles. The Balaban J connectivity index is 2.03. The maximum Gasteiger partial charge on any atom is 0.0692 e. The van der Waals surface area contributed by atoms with Gasteiger partial charge in [-0.15, -0.1) is 0 Å². The molecule has 0 bridgehead atoms. The molecule has 18 heavy (non-hydrogen) atoms. The third-order valence-electron chi connectivity index (χ3n) is 5.04. The normalized spacial score (nSPS) is 37.7. The van der Waals surface area contributed by atoms with Gasteiger partial charge in [0.15, 0.2) is 0 Å². The van der Waals surface area contributed by atoms with Gasteiger partial charge in [0.25, 0.3) is 0 Å². The van der Waals surface area contributed by atoms with Crippen LogP contribution in [0.1, 0.15) is 53.4 Å². The molecule has 0 spiro atoms. The summed E-state index contributed by atoms with van der Waals surface area (Å²) in [7, 11) is 0. The molecular formula is C15H30N2O. The second-order valence-corrected chi connectivity index (χ2v) is 6.24. The average molecular weight is 254 g/mol. The fraction of sp³-hybridized carbons (Fsp3) is 1.00. The van der Waals surface area contributed by atoms with Gasteiger partial charge < -0.3 is 10.1 Å². The van der Waals surface area contributed by atoms with Crippen molar-refractivity contribution in [3.05, 3.63) is 0 Å². The molecule has 0 saturated carbocycles. The van der Waals surface area contributed by atoms with E-state index in [0.29, 0.717) is 12.1 Å². The minimum absolute atomic E-state index is 0.150. The summed E-state index contributed by atoms with van der Waals surface area (Å²) in [6.07, 6.45) is 4.72. The summed E-state index contributed by atoms with van der Waals surface area (Å²) in [5.74, 6) is 0. The second-order valence-electron chi connectivity index (χ2n) is 6.24. The SMILES string of the molecule is CCC1(CC)CC(N2CC(C)NCC2C)CCO1. The molecule has 3 nitrogen and oxygen atoms in total. The number of piperazine rings is 1. The van der Waals surface area contributed by atoms with Crippen LogP contribution in [0.4, 0.5) is 0 Å². The number of hydrogen-bond donors (Lipinski definition) is 1. The van der Waals surface area contributed by atoms with Crippen molar-refractivity contribution in [2.24, 2.45) is 0 Å². The first-order valence-electron chi connectivity index (χ1n) is 7.73. The summed E-state index contributed by atoms with van der Waals surface area (Å²) in [5, 5.41) is 3.58. The predicted octanol–water partition coefficient (Wildman–Crippen LogP) is 2.41. The number of rotatable bonds is 3. The zero-order valence-corrected chi connectivity index (χ0v) is 12.5. The molecule has 106 valence electrons. The van der Waals surface area contributed by atoms with E-state index in [-0.39, 0.29) is 5.60 Å². The molecule has 2 fully saturated rings. The first kappa shape index (κ1) is 14.3. The van der Waals surface area contributed by atoms with E-state index < -0.39 is 0 Å². The lowest BCUT2D eigenvalue weighted by Crippen LogP contribution is -2.60. The van der Waals surface area contributed by atoms with Crippen LogP contribution < -0.4 is 5.32 Å². The fourth-order valence-corrected chi connectivity index (χ4v) is 3.59. The lowest BCUT2D eigenvalue weighted by Gasteiger charge is -2.48. The molecule has 3 unspecified atom stereocenters. The van der Waals surface area contributed by atoms with Gasteiger partial charge in [-0.05, 0) is 39.5 Å². The van der Waals surface area contributed by atoms with Crippen LogP contribution in [-0.2, 0) is 4.74 Å². The molecule has 0 aromatic heterocycles. The third kappa shape index (κ3) is 2.89. The molecule has 0 aromatic rings. The van der Waals surface area contributed by atoms with Crippen LogP contribution in [-0.4, -0.2) is 48.3 Å². The molecule has 1 N–H and O–H groups in total. The van der Waals surface area contributed by atoms with E-state index in [4.69, 9.17) is 4.74 Å². The Morgan fingerprint density at radius 2 is 2.00 bits per heavy atom. The van der Waals surface area contributed by atoms with Gasteiger partial charge in [-0.2, -0.15) is 0 Å². The van der Waals surface area contributed by atoms with Crippen LogP contribution >= 0.6 is 0 Å². The predicted molar refractivity (Wildman–Crippen MR) is 75.9 cm³/mol. The summed E-state index contributed by atoms with van der Waals surface area (Å²) in [6.45, 7) is 12.5. The van der Waals surface area contributed by atoms with E-state index in [0.717, 1.165) is 32.0 Å². The Labute approximate surface area is 112 Å². The smallest absolute Gasteiger partial charge is 0.0692 e. The van der Waals surface area contributed by atoms with Crippen molar-refractivity contribution in [3.63, 3.8) is 0 Å². The molecule has 2 saturated heterocycles. The molecule has 2 heterocycles. The van der Waals surface area contributed by atoms with Gasteiger partial charge >= 0.3 is 0 Å². The number of ether oxygens (including phenoxy) is 1. The second kappa shape index (κ2) is 5.89. The van der Waals surface area contributed by atoms with Gasteiger partial charge in [0.05, 0.1) is 5.60 Å². The van der Waals surface area contributed by atoms with Crippen molar-refractivity contribution in [2.75, 3.05) is 19.7 Å². The minimum Gasteiger partial charge on any atom is -0.375 e. The maximum absolute atomic E-state index is 6.10. The van der Waals surface area contributed by atoms with Crippen LogP contribution in [0.25, 0.3) is 0 Å². The number of nitrogens with zero attached hydrogens (tertiary/aromatic N) is 1. The van der Waals surface area contributed by atoms with Crippen molar-refractivity contribution in [3.8, 4) is 0 Å². The zero-order valence-electron chi connectivity index (χ0n) is 12.5. The fourth-order valence-electron chi connectivity index (χ4n) is 3.59. The zero-order chi connectivity index (χ0) is 13.2. The van der Waals surface area contributed by atoms with Crippen molar-refractivity contribution in [1.29, 1.82) is 0 Å². The third-order valence-corrected chi connectivity index (χ3v) is 5.04. The van der Waals surface area contributed by atoms with E-state index >= 15 is 0 Å². The van der Waals surface area contributed by atoms with Gasteiger partial charge in [-0.1, -0.05) is 13.8 Å². The number of nitrogens with one attached hydrogen (secondary N) is 1. The van der Waals surface area contributed by atoms with E-state index in [1.54, 1.807) is 0 Å². The minimum atomic E-state index is 0.150. The maximum atomic E-state index is 6.10. The van der Waals surface area contributed by atoms with Gasteiger partial charge in [0.1, 0.15) is 0 Å². The van der Waals surface area contributed by atoms with E-state index in [1.165, 1.54) is 19.4 Å². The lowest BCUT2D eigenvalue weighted by atomic mass is 9.84. The molecule has 2 aliphatic heterocycles. The molecule has 3 atom stereocenters. The Morgan fingerprint density at radius 1 is 1.28 bits per heavy atom. The molecule has 2 aliphatic rings. The standard InChI is InChI=1S/C15H30N2O/c1-5-15(6-2)9-14(7-8-18-15)17-11-12(3)16-10-13(17)4/h12-14,16H,5-11H2,1-4H3. The summed E-state index contributed by atoms with van der Waals surface area (Å²) >= 11 is 0. The monoisotopic (exact) mass is 254 g/mol. The highest BCUT2D eigenvalue weighted by Crippen LogP contribution is 2.34. The molecule has 3 heteroatoms. The molecular weight excluding hydrogens is 224 g/mol. The van der Waals surface area contributed by atoms with Gasteiger partial charge in [0, 0.05) is 37.8 Å². The summed E-state index contributed by atoms with van der Waals surface area (Å²) < 4.78 is 6.10. The van der Waals surface area contributed by atoms with Gasteiger partial charge in [-0.3, -0.25) is 4.90 Å². The van der Waals surface area contributed by atoms with E-state index in [2.05, 4.69) is 37.9 Å². The Kier molecular flexibility index (Phi) is 4.68. The van der Waals surface area contributed by atoms with Crippen molar-refractivity contribution >= 4 is 0 Å². The Morgan fingerprint density at radius 3 is 2.67 bits per heavy atom. The summed E-state index contributed by atoms with van der Waals surface area (Å²) in [4.78, 5) is 2.73. The van der Waals surface area contributed by atoms with Crippen molar-refractivity contribution in [2.45, 2.75) is 77.1 Å². The summed E-state index contributed by atoms with van der Waals surface area (Å²) in [6, 6.07) is 2.01.